The summed E-state index contributed by atoms with van der Waals surface area (Å²) in [6, 6.07) is 109. The smallest absolute Gasteiger partial charge is 0.270 e. The Hall–Kier alpha value is -11.4. The molecule has 2 aliphatic carbocycles. The van der Waals surface area contributed by atoms with Crippen LogP contribution in [0.25, 0.3) is 0 Å². The molecule has 13 aromatic rings. The third kappa shape index (κ3) is 27.8. The maximum atomic E-state index is 13.6. The summed E-state index contributed by atoms with van der Waals surface area (Å²) in [5.41, 5.74) is 12.6. The van der Waals surface area contributed by atoms with Crippen molar-refractivity contribution < 1.29 is 37.4 Å². The second-order valence-corrected chi connectivity index (χ2v) is 56.8. The lowest BCUT2D eigenvalue weighted by molar-refractivity contribution is -0.384. The SMILES string of the molecule is CC(C)(C)[C@H]1COC(c2cc([N+](=O)[O-])ccc2P(c2ccccc2)c2ccccc2)=N1.CC(C)(C)[C@H]1COC(c2ccccc2P(C2CCCCC2)C2CCCCC2)=N1.CC(C)(C)[C@H]1COC(c2ccccc2P(c2ccc(F)cc2)c2ccc(F)cc2)=N1.Cc1ccc(P(c2ccc(C)cc2)c2ccccc2C2=N[C@@H](C(C)(C)C)CO2)cc1.Cc1ccccc1P(c1ccccc1C)c1ccccc1C1=N[C@@H](C(C)(C)C)CO1. The lowest BCUT2D eigenvalue weighted by atomic mass is 9.88. The minimum atomic E-state index is -1.04. The molecule has 0 radical (unpaired) electrons. The Morgan fingerprint density at radius 2 is 0.510 bits per heavy atom. The number of halogens is 2. The topological polar surface area (TPSA) is 151 Å². The number of hydrogen-bond donors (Lipinski definition) is 0. The second kappa shape index (κ2) is 49.4. The fourth-order valence-corrected chi connectivity index (χ4v) is 33.6. The highest BCUT2D eigenvalue weighted by Crippen LogP contribution is 2.56. The van der Waals surface area contributed by atoms with Crippen molar-refractivity contribution in [2.45, 2.75) is 237 Å². The molecule has 5 aliphatic heterocycles. The average molecular weight is 2090 g/mol. The fraction of sp³-hybridized carbons (Fsp3) is 0.357. The van der Waals surface area contributed by atoms with Crippen molar-refractivity contribution in [3.8, 4) is 0 Å². The molecule has 774 valence electrons. The van der Waals surface area contributed by atoms with Gasteiger partial charge in [0.1, 0.15) is 44.7 Å². The molecule has 2 saturated carbocycles. The summed E-state index contributed by atoms with van der Waals surface area (Å²) in [5, 5.41) is 27.6. The van der Waals surface area contributed by atoms with Gasteiger partial charge in [0.05, 0.1) is 40.7 Å². The van der Waals surface area contributed by atoms with E-state index < -0.39 is 31.7 Å². The highest BCUT2D eigenvalue weighted by molar-refractivity contribution is 7.81. The highest BCUT2D eigenvalue weighted by Gasteiger charge is 2.42. The van der Waals surface area contributed by atoms with Crippen LogP contribution in [0.3, 0.4) is 0 Å². The van der Waals surface area contributed by atoms with E-state index in [0.717, 1.165) is 73.5 Å². The van der Waals surface area contributed by atoms with Gasteiger partial charge in [0, 0.05) is 34.4 Å². The van der Waals surface area contributed by atoms with E-state index in [-0.39, 0.29) is 87.5 Å². The summed E-state index contributed by atoms with van der Waals surface area (Å²) in [6.45, 7) is 44.8. The number of non-ortho nitro benzene ring substituents is 1. The van der Waals surface area contributed by atoms with E-state index in [9.17, 15) is 18.9 Å². The molecule has 0 unspecified atom stereocenters. The van der Waals surface area contributed by atoms with E-state index in [1.165, 1.54) is 159 Å². The van der Waals surface area contributed by atoms with Gasteiger partial charge in [-0.3, -0.25) is 10.1 Å². The molecule has 5 heterocycles. The minimum absolute atomic E-state index is 0.00860. The number of hydrogen-bond acceptors (Lipinski definition) is 12. The number of ether oxygens (including phenoxy) is 5. The third-order valence-electron chi connectivity index (χ3n) is 28.9. The maximum Gasteiger partial charge on any atom is 0.270 e. The van der Waals surface area contributed by atoms with Gasteiger partial charge in [0.2, 0.25) is 29.5 Å². The molecule has 13 aromatic carbocycles. The molecule has 2 fully saturated rings. The molecule has 5 atom stereocenters. The first kappa shape index (κ1) is 110. The number of nitro groups is 1. The summed E-state index contributed by atoms with van der Waals surface area (Å²) < 4.78 is 57.7. The van der Waals surface area contributed by atoms with Crippen molar-refractivity contribution in [1.29, 1.82) is 0 Å². The number of nitrogens with zero attached hydrogens (tertiary/aromatic N) is 6. The van der Waals surface area contributed by atoms with E-state index in [1.54, 1.807) is 41.7 Å². The molecule has 0 bridgehead atoms. The molecule has 13 nitrogen and oxygen atoms in total. The predicted octanol–water partition coefficient (Wildman–Crippen LogP) is 26.6. The van der Waals surface area contributed by atoms with E-state index >= 15 is 0 Å². The van der Waals surface area contributed by atoms with Crippen LogP contribution in [0.15, 0.2) is 346 Å². The summed E-state index contributed by atoms with van der Waals surface area (Å²) in [4.78, 5) is 36.0. The Labute approximate surface area is 890 Å². The van der Waals surface area contributed by atoms with E-state index in [4.69, 9.17) is 48.6 Å². The van der Waals surface area contributed by atoms with Gasteiger partial charge in [0.15, 0.2) is 0 Å². The molecule has 0 saturated heterocycles. The monoisotopic (exact) mass is 2080 g/mol. The molecule has 0 aromatic heterocycles. The number of rotatable bonds is 21. The maximum absolute atomic E-state index is 13.6. The van der Waals surface area contributed by atoms with Crippen LogP contribution in [-0.4, -0.2) is 109 Å². The van der Waals surface area contributed by atoms with Crippen LogP contribution in [0, 0.1) is 76.5 Å². The van der Waals surface area contributed by atoms with Crippen molar-refractivity contribution in [2.24, 2.45) is 52.0 Å². The molecule has 20 heteroatoms. The van der Waals surface area contributed by atoms with Crippen LogP contribution < -0.4 is 69.0 Å². The Morgan fingerprint density at radius 3 is 0.799 bits per heavy atom. The molecule has 7 aliphatic rings. The standard InChI is InChI=1S/2C27H30NOP.C25H24F2NOP.C25H25N2O3P.C25H38NOP/c1-19-12-6-9-15-22(19)30(23-16-10-7-13-20(23)2)24-17-11-8-14-21(24)26-28-25(18-29-26)27(3,4)5;1-19-10-14-21(15-11-19)30(22-16-12-20(2)13-17-22)24-9-7-6-8-23(24)26-28-25(18-29-26)27(3,4)5;1-25(2,3)23-16-29-24(28-23)21-6-4-5-7-22(21)30(19-12-8-17(26)9-13-19)20-14-10-18(27)11-15-20;1-25(2,3)23-17-30-24(26-23)21-16-18(27(28)29)14-15-22(21)31(19-10-6-4-7-11-19)20-12-8-5-9-13-20;1-25(2,3)23-18-27-24(26-23)21-16-10-11-17-22(21)28(19-12-6-4-7-13-19)20-14-8-5-9-15-20/h2*6-17,25H,18H2,1-5H3;4-15,23H,16H2,1-3H3;4-16,23H,17H2,1-3H3;10-11,16-17,19-20,23H,4-9,12-15,18H2,1-3H3/t2*25-;3*23-/m11111/s1. The van der Waals surface area contributed by atoms with Crippen molar-refractivity contribution in [1.82, 2.24) is 0 Å². The van der Waals surface area contributed by atoms with Crippen LogP contribution in [-0.2, 0) is 23.7 Å². The number of aryl methyl sites for hydroxylation is 4. The average Bonchev–Trinajstić information content (AvgIpc) is 1.73. The number of benzene rings is 13. The van der Waals surface area contributed by atoms with Gasteiger partial charge in [-0.25, -0.2) is 33.7 Å². The van der Waals surface area contributed by atoms with Crippen LogP contribution in [0.5, 0.6) is 0 Å². The Balaban J connectivity index is 0.000000133. The Kier molecular flexibility index (Phi) is 36.5. The van der Waals surface area contributed by atoms with Crippen molar-refractivity contribution in [2.75, 3.05) is 33.0 Å². The van der Waals surface area contributed by atoms with Gasteiger partial charge in [-0.2, -0.15) is 0 Å². The lowest BCUT2D eigenvalue weighted by Crippen LogP contribution is -2.29. The molecule has 20 rings (SSSR count). The van der Waals surface area contributed by atoms with Gasteiger partial charge in [0.25, 0.3) is 5.69 Å². The molecule has 0 spiro atoms. The summed E-state index contributed by atoms with van der Waals surface area (Å²) in [6.07, 6.45) is 14.4. The highest BCUT2D eigenvalue weighted by atomic mass is 31.1. The molecular formula is C129H147F2N6O7P5. The third-order valence-corrected chi connectivity index (χ3v) is 42.8. The van der Waals surface area contributed by atoms with Gasteiger partial charge in [-0.05, 0) is 258 Å². The predicted molar refractivity (Wildman–Crippen MR) is 632 cm³/mol. The number of nitro benzene ring substituents is 1. The zero-order valence-corrected chi connectivity index (χ0v) is 94.8. The quantitative estimate of drug-likeness (QED) is 0.0395. The van der Waals surface area contributed by atoms with Gasteiger partial charge >= 0.3 is 0 Å². The van der Waals surface area contributed by atoms with Crippen molar-refractivity contribution in [3.05, 3.63) is 393 Å². The van der Waals surface area contributed by atoms with Crippen molar-refractivity contribution in [3.63, 3.8) is 0 Å². The molecule has 0 amide bonds. The van der Waals surface area contributed by atoms with Gasteiger partial charge < -0.3 is 23.7 Å². The minimum Gasteiger partial charge on any atom is -0.475 e. The zero-order valence-electron chi connectivity index (χ0n) is 90.3. The second-order valence-electron chi connectivity index (χ2n) is 45.4. The van der Waals surface area contributed by atoms with Crippen LogP contribution in [0.2, 0.25) is 0 Å². The van der Waals surface area contributed by atoms with Crippen LogP contribution >= 0.6 is 39.6 Å². The molecule has 149 heavy (non-hydrogen) atoms. The Morgan fingerprint density at radius 1 is 0.268 bits per heavy atom. The molecular weight excluding hydrogens is 1940 g/mol. The summed E-state index contributed by atoms with van der Waals surface area (Å²) in [7, 11) is -3.56. The first-order valence-electron chi connectivity index (χ1n) is 52.9. The first-order chi connectivity index (χ1) is 71.4. The van der Waals surface area contributed by atoms with Gasteiger partial charge in [-0.15, -0.1) is 0 Å². The van der Waals surface area contributed by atoms with Crippen molar-refractivity contribution >= 4 is 144 Å². The largest absolute Gasteiger partial charge is 0.475 e. The first-order valence-corrected chi connectivity index (χ1v) is 59.8. The summed E-state index contributed by atoms with van der Waals surface area (Å²) >= 11 is 0. The lowest BCUT2D eigenvalue weighted by Gasteiger charge is -2.39. The molecule has 0 N–H and O–H groups in total. The normalized spacial score (nSPS) is 18.0. The van der Waals surface area contributed by atoms with Gasteiger partial charge in [-0.1, -0.05) is 416 Å². The van der Waals surface area contributed by atoms with E-state index in [2.05, 4.69) is 332 Å². The van der Waals surface area contributed by atoms with Crippen LogP contribution in [0.1, 0.15) is 218 Å². The summed E-state index contributed by atoms with van der Waals surface area (Å²) in [5.74, 6) is 3.09. The van der Waals surface area contributed by atoms with E-state index in [1.807, 2.05) is 60.7 Å². The van der Waals surface area contributed by atoms with Crippen LogP contribution in [0.4, 0.5) is 14.5 Å². The zero-order chi connectivity index (χ0) is 105. The van der Waals surface area contributed by atoms with E-state index in [0.29, 0.717) is 43.8 Å². The Bertz CT molecular complexity index is 6510. The fourth-order valence-electron chi connectivity index (χ4n) is 19.7. The number of aliphatic imine (C=N–C) groups is 5.